The molecular weight excluding hydrogens is 360 g/mol. The van der Waals surface area contributed by atoms with Gasteiger partial charge in [-0.15, -0.1) is 0 Å². The van der Waals surface area contributed by atoms with Crippen LogP contribution in [0.3, 0.4) is 0 Å². The third-order valence-corrected chi connectivity index (χ3v) is 5.63. The first-order valence-corrected chi connectivity index (χ1v) is 10.2. The zero-order chi connectivity index (χ0) is 20.8. The second kappa shape index (κ2) is 7.21. The summed E-state index contributed by atoms with van der Waals surface area (Å²) in [5, 5.41) is 13.5. The van der Waals surface area contributed by atoms with Gasteiger partial charge in [0.15, 0.2) is 0 Å². The van der Waals surface area contributed by atoms with Crippen LogP contribution in [0.1, 0.15) is 37.5 Å². The molecule has 2 aromatic carbocycles. The number of aromatic nitrogens is 1. The molecule has 0 spiro atoms. The van der Waals surface area contributed by atoms with Crippen molar-refractivity contribution in [1.29, 1.82) is 5.41 Å². The van der Waals surface area contributed by atoms with E-state index in [-0.39, 0.29) is 5.41 Å². The van der Waals surface area contributed by atoms with Gasteiger partial charge in [-0.1, -0.05) is 20.8 Å². The molecule has 0 saturated carbocycles. The van der Waals surface area contributed by atoms with Gasteiger partial charge in [-0.2, -0.15) is 0 Å². The molecule has 3 aromatic rings. The summed E-state index contributed by atoms with van der Waals surface area (Å²) < 4.78 is 8.46. The second-order valence-electron chi connectivity index (χ2n) is 9.13. The quantitative estimate of drug-likeness (QED) is 0.613. The predicted molar refractivity (Wildman–Crippen MR) is 122 cm³/mol. The lowest BCUT2D eigenvalue weighted by Crippen LogP contribution is -2.24. The van der Waals surface area contributed by atoms with Crippen LogP contribution in [-0.4, -0.2) is 36.3 Å². The lowest BCUT2D eigenvalue weighted by Gasteiger charge is -2.22. The molecule has 0 amide bonds. The van der Waals surface area contributed by atoms with Crippen molar-refractivity contribution in [2.45, 2.75) is 41.2 Å². The van der Waals surface area contributed by atoms with Gasteiger partial charge in [-0.25, -0.2) is 0 Å². The number of benzene rings is 2. The normalized spacial score (nSPS) is 14.3. The molecule has 0 aliphatic carbocycles. The number of hydrogen-bond donors (Lipinski definition) is 2. The van der Waals surface area contributed by atoms with Crippen LogP contribution < -0.4 is 10.1 Å². The Morgan fingerprint density at radius 2 is 1.97 bits per heavy atom. The molecule has 2 heterocycles. The van der Waals surface area contributed by atoms with Gasteiger partial charge in [0.1, 0.15) is 18.2 Å². The maximum Gasteiger partial charge on any atom is 0.145 e. The Morgan fingerprint density at radius 1 is 1.17 bits per heavy atom. The van der Waals surface area contributed by atoms with Crippen LogP contribution >= 0.6 is 0 Å². The van der Waals surface area contributed by atoms with Crippen LogP contribution in [0.25, 0.3) is 21.8 Å². The van der Waals surface area contributed by atoms with E-state index in [9.17, 15) is 0 Å². The minimum absolute atomic E-state index is 0.154. The van der Waals surface area contributed by atoms with E-state index >= 15 is 0 Å². The molecule has 0 bridgehead atoms. The summed E-state index contributed by atoms with van der Waals surface area (Å²) in [4.78, 5) is 4.40. The summed E-state index contributed by atoms with van der Waals surface area (Å²) in [6.45, 7) is 14.2. The largest absolute Gasteiger partial charge is 0.486 e. The van der Waals surface area contributed by atoms with Crippen molar-refractivity contribution in [3.63, 3.8) is 0 Å². The van der Waals surface area contributed by atoms with Crippen molar-refractivity contribution in [3.05, 3.63) is 41.0 Å². The Morgan fingerprint density at radius 3 is 2.62 bits per heavy atom. The number of ether oxygens (including phenoxy) is 1. The number of aryl methyl sites for hydroxylation is 1. The minimum atomic E-state index is 0.154. The number of nitrogens with one attached hydrogen (secondary N) is 2. The smallest absolute Gasteiger partial charge is 0.145 e. The van der Waals surface area contributed by atoms with E-state index in [0.29, 0.717) is 6.61 Å². The summed E-state index contributed by atoms with van der Waals surface area (Å²) in [6.07, 6.45) is 1.46. The van der Waals surface area contributed by atoms with Crippen LogP contribution in [0.2, 0.25) is 0 Å². The molecule has 1 aliphatic rings. The molecule has 5 heteroatoms. The highest BCUT2D eigenvalue weighted by atomic mass is 16.5. The van der Waals surface area contributed by atoms with Crippen LogP contribution in [-0.2, 0) is 6.54 Å². The van der Waals surface area contributed by atoms with Gasteiger partial charge in [-0.05, 0) is 60.2 Å². The van der Waals surface area contributed by atoms with E-state index < -0.39 is 0 Å². The molecular formula is C24H30N4O. The van der Waals surface area contributed by atoms with Gasteiger partial charge < -0.3 is 20.0 Å². The SMILES string of the molecule is Cc1c(C=N)cc2c3cc(OCC4=NCCN4)ccc3n(CC(C)(C)C)c2c1C. The van der Waals surface area contributed by atoms with Crippen molar-refractivity contribution in [1.82, 2.24) is 9.88 Å². The molecule has 29 heavy (non-hydrogen) atoms. The van der Waals surface area contributed by atoms with Gasteiger partial charge in [-0.3, -0.25) is 4.99 Å². The highest BCUT2D eigenvalue weighted by Crippen LogP contribution is 2.37. The fourth-order valence-corrected chi connectivity index (χ4v) is 4.14. The summed E-state index contributed by atoms with van der Waals surface area (Å²) in [7, 11) is 0. The summed E-state index contributed by atoms with van der Waals surface area (Å²) >= 11 is 0. The monoisotopic (exact) mass is 390 g/mol. The second-order valence-corrected chi connectivity index (χ2v) is 9.13. The van der Waals surface area contributed by atoms with Crippen LogP contribution in [0.4, 0.5) is 0 Å². The Labute approximate surface area is 172 Å². The van der Waals surface area contributed by atoms with Crippen LogP contribution in [0, 0.1) is 24.7 Å². The molecule has 5 nitrogen and oxygen atoms in total. The third-order valence-electron chi connectivity index (χ3n) is 5.63. The van der Waals surface area contributed by atoms with Gasteiger partial charge in [0.05, 0.1) is 12.1 Å². The topological polar surface area (TPSA) is 62.4 Å². The number of fused-ring (bicyclic) bond motifs is 3. The van der Waals surface area contributed by atoms with E-state index in [1.807, 2.05) is 0 Å². The van der Waals surface area contributed by atoms with Crippen molar-refractivity contribution < 1.29 is 4.74 Å². The minimum Gasteiger partial charge on any atom is -0.486 e. The van der Waals surface area contributed by atoms with E-state index in [2.05, 4.69) is 73.8 Å². The predicted octanol–water partition coefficient (Wildman–Crippen LogP) is 4.84. The van der Waals surface area contributed by atoms with E-state index in [4.69, 9.17) is 10.1 Å². The summed E-state index contributed by atoms with van der Waals surface area (Å²) in [6, 6.07) is 8.50. The molecule has 152 valence electrons. The number of rotatable bonds is 5. The average Bonchev–Trinajstić information content (AvgIpc) is 3.28. The van der Waals surface area contributed by atoms with E-state index in [1.54, 1.807) is 0 Å². The fourth-order valence-electron chi connectivity index (χ4n) is 4.14. The molecule has 0 unspecified atom stereocenters. The summed E-state index contributed by atoms with van der Waals surface area (Å²) in [5.41, 5.74) is 6.02. The van der Waals surface area contributed by atoms with Crippen molar-refractivity contribution in [3.8, 4) is 5.75 Å². The van der Waals surface area contributed by atoms with Crippen molar-refractivity contribution in [2.24, 2.45) is 10.4 Å². The molecule has 4 rings (SSSR count). The van der Waals surface area contributed by atoms with Gasteiger partial charge in [0, 0.05) is 35.6 Å². The van der Waals surface area contributed by atoms with Gasteiger partial charge in [0.2, 0.25) is 0 Å². The standard InChI is InChI=1S/C24H30N4O/c1-15-16(2)23-20(10-17(15)12-25)19-11-18(29-13-22-26-8-9-27-22)6-7-21(19)28(23)14-24(3,4)5/h6-7,10-12,25H,8-9,13-14H2,1-5H3,(H,26,27). The lowest BCUT2D eigenvalue weighted by molar-refractivity contribution is 0.354. The number of amidine groups is 1. The maximum atomic E-state index is 7.84. The van der Waals surface area contributed by atoms with Crippen LogP contribution in [0.15, 0.2) is 29.3 Å². The Kier molecular flexibility index (Phi) is 4.85. The highest BCUT2D eigenvalue weighted by molar-refractivity contribution is 6.11. The molecule has 0 radical (unpaired) electrons. The molecule has 0 fully saturated rings. The zero-order valence-corrected chi connectivity index (χ0v) is 18.0. The third kappa shape index (κ3) is 3.61. The highest BCUT2D eigenvalue weighted by Gasteiger charge is 2.20. The molecule has 1 aromatic heterocycles. The molecule has 0 atom stereocenters. The average molecular weight is 391 g/mol. The van der Waals surface area contributed by atoms with Crippen LogP contribution in [0.5, 0.6) is 5.75 Å². The van der Waals surface area contributed by atoms with E-state index in [0.717, 1.165) is 36.8 Å². The van der Waals surface area contributed by atoms with Gasteiger partial charge in [0.25, 0.3) is 0 Å². The molecule has 2 N–H and O–H groups in total. The Bertz CT molecular complexity index is 1130. The Hall–Kier alpha value is -2.82. The molecule has 0 saturated heterocycles. The number of aliphatic imine (C=N–C) groups is 1. The zero-order valence-electron chi connectivity index (χ0n) is 18.0. The first kappa shape index (κ1) is 19.5. The summed E-state index contributed by atoms with van der Waals surface area (Å²) in [5.74, 6) is 1.76. The van der Waals surface area contributed by atoms with Crippen molar-refractivity contribution in [2.75, 3.05) is 19.7 Å². The number of hydrogen-bond acceptors (Lipinski definition) is 4. The van der Waals surface area contributed by atoms with E-state index in [1.165, 1.54) is 39.1 Å². The maximum absolute atomic E-state index is 7.84. The Balaban J connectivity index is 1.89. The van der Waals surface area contributed by atoms with Crippen molar-refractivity contribution >= 4 is 33.9 Å². The number of nitrogens with zero attached hydrogens (tertiary/aromatic N) is 2. The fraction of sp³-hybridized carbons (Fsp3) is 0.417. The first-order valence-electron chi connectivity index (χ1n) is 10.2. The van der Waals surface area contributed by atoms with Gasteiger partial charge >= 0.3 is 0 Å². The lowest BCUT2D eigenvalue weighted by atomic mass is 9.96. The first-order chi connectivity index (χ1) is 13.8. The molecule has 1 aliphatic heterocycles.